The molecule has 9 heteroatoms. The van der Waals surface area contributed by atoms with Gasteiger partial charge in [0.1, 0.15) is 10.0 Å². The summed E-state index contributed by atoms with van der Waals surface area (Å²) in [4.78, 5) is 23.6. The van der Waals surface area contributed by atoms with Gasteiger partial charge in [0.15, 0.2) is 0 Å². The van der Waals surface area contributed by atoms with Crippen LogP contribution in [0, 0.1) is 6.92 Å². The van der Waals surface area contributed by atoms with Crippen LogP contribution in [-0.4, -0.2) is 49.2 Å². The molecule has 3 aromatic rings. The Kier molecular flexibility index (Phi) is 4.21. The van der Waals surface area contributed by atoms with Crippen molar-refractivity contribution in [1.29, 1.82) is 0 Å². The standard InChI is InChI=1S/C19H21N7OS/c1-10-24-25-17(28-10)11-2-3-12-9-21-18(22-16(12)6-11)23-19(27)26-14-4-5-15(26)8-13(20)7-14/h2-3,6,9,13-15H,4-5,7-8,20H2,1H3,(H,21,22,23,27)/t13-,14+,15?/m1/s1. The van der Waals surface area contributed by atoms with Gasteiger partial charge in [-0.15, -0.1) is 10.2 Å². The minimum atomic E-state index is -0.130. The first-order chi connectivity index (χ1) is 13.6. The molecule has 8 nitrogen and oxygen atoms in total. The van der Waals surface area contributed by atoms with E-state index < -0.39 is 0 Å². The highest BCUT2D eigenvalue weighted by Gasteiger charge is 2.42. The minimum absolute atomic E-state index is 0.130. The van der Waals surface area contributed by atoms with E-state index in [4.69, 9.17) is 5.73 Å². The van der Waals surface area contributed by atoms with Crippen LogP contribution in [0.3, 0.4) is 0 Å². The number of carbonyl (C=O) groups is 1. The van der Waals surface area contributed by atoms with Gasteiger partial charge in [0.05, 0.1) is 5.52 Å². The third-order valence-corrected chi connectivity index (χ3v) is 6.47. The molecular formula is C19H21N7OS. The summed E-state index contributed by atoms with van der Waals surface area (Å²) in [5.41, 5.74) is 7.82. The van der Waals surface area contributed by atoms with Crippen LogP contribution in [0.5, 0.6) is 0 Å². The number of aromatic nitrogens is 4. The number of hydrogen-bond acceptors (Lipinski definition) is 7. The van der Waals surface area contributed by atoms with Crippen molar-refractivity contribution >= 4 is 34.2 Å². The molecule has 1 aromatic carbocycles. The SMILES string of the molecule is Cc1nnc(-c2ccc3cnc(NC(=O)N4C5CC[C@H]4C[C@@H](N)C5)nc3c2)s1. The number of anilines is 1. The van der Waals surface area contributed by atoms with Crippen molar-refractivity contribution in [2.24, 2.45) is 5.73 Å². The molecule has 2 aromatic heterocycles. The molecule has 2 amide bonds. The largest absolute Gasteiger partial charge is 0.328 e. The molecule has 5 rings (SSSR count). The number of rotatable bonds is 2. The van der Waals surface area contributed by atoms with Crippen LogP contribution in [0.2, 0.25) is 0 Å². The molecule has 2 saturated heterocycles. The summed E-state index contributed by atoms with van der Waals surface area (Å²) in [6.45, 7) is 1.93. The summed E-state index contributed by atoms with van der Waals surface area (Å²) >= 11 is 1.54. The molecule has 0 radical (unpaired) electrons. The summed E-state index contributed by atoms with van der Waals surface area (Å²) in [6.07, 6.45) is 5.51. The monoisotopic (exact) mass is 395 g/mol. The van der Waals surface area contributed by atoms with Gasteiger partial charge in [-0.05, 0) is 38.7 Å². The maximum Gasteiger partial charge on any atom is 0.324 e. The Morgan fingerprint density at radius 2 is 2.04 bits per heavy atom. The molecule has 0 spiro atoms. The number of nitrogens with zero attached hydrogens (tertiary/aromatic N) is 5. The first-order valence-electron chi connectivity index (χ1n) is 9.49. The van der Waals surface area contributed by atoms with Crippen LogP contribution in [0.1, 0.15) is 30.7 Å². The van der Waals surface area contributed by atoms with Gasteiger partial charge in [0.25, 0.3) is 0 Å². The smallest absolute Gasteiger partial charge is 0.324 e. The van der Waals surface area contributed by atoms with Crippen molar-refractivity contribution in [3.05, 3.63) is 29.4 Å². The number of amides is 2. The number of aryl methyl sites for hydroxylation is 1. The summed E-state index contributed by atoms with van der Waals surface area (Å²) in [5, 5.41) is 13.8. The van der Waals surface area contributed by atoms with Crippen molar-refractivity contribution in [3.8, 4) is 10.6 Å². The fourth-order valence-electron chi connectivity index (χ4n) is 4.34. The highest BCUT2D eigenvalue weighted by atomic mass is 32.1. The Bertz CT molecular complexity index is 1040. The lowest BCUT2D eigenvalue weighted by molar-refractivity contribution is 0.150. The van der Waals surface area contributed by atoms with Crippen LogP contribution in [-0.2, 0) is 0 Å². The third kappa shape index (κ3) is 3.10. The second-order valence-corrected chi connectivity index (χ2v) is 8.73. The Balaban J connectivity index is 1.39. The number of nitrogens with one attached hydrogen (secondary N) is 1. The minimum Gasteiger partial charge on any atom is -0.328 e. The average Bonchev–Trinajstić information content (AvgIpc) is 3.22. The lowest BCUT2D eigenvalue weighted by Crippen LogP contribution is -2.51. The molecular weight excluding hydrogens is 374 g/mol. The molecule has 0 aliphatic carbocycles. The van der Waals surface area contributed by atoms with Crippen molar-refractivity contribution in [2.75, 3.05) is 5.32 Å². The Labute approximate surface area is 166 Å². The van der Waals surface area contributed by atoms with Crippen LogP contribution in [0.4, 0.5) is 10.7 Å². The summed E-state index contributed by atoms with van der Waals surface area (Å²) < 4.78 is 0. The number of hydrogen-bond donors (Lipinski definition) is 2. The molecule has 3 atom stereocenters. The molecule has 2 aliphatic rings. The van der Waals surface area contributed by atoms with E-state index in [1.165, 1.54) is 11.3 Å². The van der Waals surface area contributed by atoms with E-state index in [-0.39, 0.29) is 24.2 Å². The zero-order valence-electron chi connectivity index (χ0n) is 15.5. The number of urea groups is 1. The van der Waals surface area contributed by atoms with Gasteiger partial charge < -0.3 is 10.6 Å². The van der Waals surface area contributed by atoms with Crippen molar-refractivity contribution in [3.63, 3.8) is 0 Å². The number of carbonyl (C=O) groups excluding carboxylic acids is 1. The predicted molar refractivity (Wildman–Crippen MR) is 108 cm³/mol. The number of nitrogens with two attached hydrogens (primary N) is 1. The molecule has 4 heterocycles. The molecule has 2 fully saturated rings. The first kappa shape index (κ1) is 17.4. The van der Waals surface area contributed by atoms with E-state index in [0.717, 1.165) is 52.2 Å². The van der Waals surface area contributed by atoms with Gasteiger partial charge >= 0.3 is 6.03 Å². The Morgan fingerprint density at radius 1 is 1.25 bits per heavy atom. The summed E-state index contributed by atoms with van der Waals surface area (Å²) in [6, 6.07) is 6.41. The van der Waals surface area contributed by atoms with Crippen LogP contribution < -0.4 is 11.1 Å². The molecule has 1 unspecified atom stereocenters. The van der Waals surface area contributed by atoms with Gasteiger partial charge in [0, 0.05) is 35.3 Å². The highest BCUT2D eigenvalue weighted by molar-refractivity contribution is 7.14. The second-order valence-electron chi connectivity index (χ2n) is 7.55. The lowest BCUT2D eigenvalue weighted by atomic mass is 9.99. The molecule has 2 bridgehead atoms. The zero-order valence-corrected chi connectivity index (χ0v) is 16.3. The van der Waals surface area contributed by atoms with Gasteiger partial charge in [-0.3, -0.25) is 5.32 Å². The second kappa shape index (κ2) is 6.75. The molecule has 28 heavy (non-hydrogen) atoms. The zero-order chi connectivity index (χ0) is 19.3. The number of piperidine rings is 1. The molecule has 0 saturated carbocycles. The van der Waals surface area contributed by atoms with E-state index in [1.54, 1.807) is 6.20 Å². The topological polar surface area (TPSA) is 110 Å². The predicted octanol–water partition coefficient (Wildman–Crippen LogP) is 2.94. The molecule has 144 valence electrons. The lowest BCUT2D eigenvalue weighted by Gasteiger charge is -2.37. The fraction of sp³-hybridized carbons (Fsp3) is 0.421. The average molecular weight is 395 g/mol. The number of benzene rings is 1. The molecule has 3 N–H and O–H groups in total. The van der Waals surface area contributed by atoms with E-state index in [2.05, 4.69) is 25.5 Å². The van der Waals surface area contributed by atoms with Crippen molar-refractivity contribution in [1.82, 2.24) is 25.1 Å². The van der Waals surface area contributed by atoms with E-state index in [1.807, 2.05) is 30.0 Å². The quantitative estimate of drug-likeness (QED) is 0.690. The number of fused-ring (bicyclic) bond motifs is 3. The van der Waals surface area contributed by atoms with Gasteiger partial charge in [-0.25, -0.2) is 14.8 Å². The summed E-state index contributed by atoms with van der Waals surface area (Å²) in [7, 11) is 0. The van der Waals surface area contributed by atoms with Crippen LogP contribution in [0.15, 0.2) is 24.4 Å². The Morgan fingerprint density at radius 3 is 2.75 bits per heavy atom. The van der Waals surface area contributed by atoms with Crippen LogP contribution in [0.25, 0.3) is 21.5 Å². The first-order valence-corrected chi connectivity index (χ1v) is 10.3. The van der Waals surface area contributed by atoms with E-state index in [0.29, 0.717) is 5.95 Å². The maximum atomic E-state index is 12.8. The van der Waals surface area contributed by atoms with Gasteiger partial charge in [0.2, 0.25) is 5.95 Å². The summed E-state index contributed by atoms with van der Waals surface area (Å²) in [5.74, 6) is 0.317. The van der Waals surface area contributed by atoms with Crippen molar-refractivity contribution in [2.45, 2.75) is 50.7 Å². The van der Waals surface area contributed by atoms with Gasteiger partial charge in [-0.1, -0.05) is 23.5 Å². The maximum absolute atomic E-state index is 12.8. The van der Waals surface area contributed by atoms with E-state index in [9.17, 15) is 4.79 Å². The van der Waals surface area contributed by atoms with Crippen molar-refractivity contribution < 1.29 is 4.79 Å². The fourth-order valence-corrected chi connectivity index (χ4v) is 5.03. The normalized spacial score (nSPS) is 23.9. The van der Waals surface area contributed by atoms with Crippen LogP contribution >= 0.6 is 11.3 Å². The molecule has 2 aliphatic heterocycles. The third-order valence-electron chi connectivity index (χ3n) is 5.58. The van der Waals surface area contributed by atoms with E-state index >= 15 is 0 Å². The highest BCUT2D eigenvalue weighted by Crippen LogP contribution is 2.35. The van der Waals surface area contributed by atoms with Gasteiger partial charge in [-0.2, -0.15) is 0 Å². The Hall–Kier alpha value is -2.65.